The van der Waals surface area contributed by atoms with E-state index < -0.39 is 49.0 Å². The van der Waals surface area contributed by atoms with E-state index in [1.807, 2.05) is 18.3 Å². The third-order valence-corrected chi connectivity index (χ3v) is 4.12. The predicted molar refractivity (Wildman–Crippen MR) is 92.9 cm³/mol. The van der Waals surface area contributed by atoms with Gasteiger partial charge < -0.3 is 45.0 Å². The van der Waals surface area contributed by atoms with E-state index in [1.54, 1.807) is 0 Å². The van der Waals surface area contributed by atoms with Crippen molar-refractivity contribution in [2.75, 3.05) is 26.4 Å². The number of aromatic amines is 1. The van der Waals surface area contributed by atoms with Gasteiger partial charge in [0.05, 0.1) is 31.8 Å². The van der Waals surface area contributed by atoms with E-state index >= 15 is 0 Å². The lowest BCUT2D eigenvalue weighted by Gasteiger charge is -2.23. The van der Waals surface area contributed by atoms with Crippen molar-refractivity contribution < 1.29 is 44.3 Å². The second-order valence-electron chi connectivity index (χ2n) is 4.78. The number of H-pyrrole nitrogens is 1. The molecule has 0 aliphatic carbocycles. The highest BCUT2D eigenvalue weighted by atomic mass is 31.2. The minimum absolute atomic E-state index is 0.406. The van der Waals surface area contributed by atoms with Gasteiger partial charge in [-0.05, 0) is 17.5 Å². The normalized spacial score (nSPS) is 11.1. The predicted octanol–water partition coefficient (Wildman–Crippen LogP) is -0.464. The lowest BCUT2D eigenvalue weighted by Crippen LogP contribution is -2.37. The Morgan fingerprint density at radius 2 is 1.28 bits per heavy atom. The monoisotopic (exact) mass is 399 g/mol. The molecule has 0 unspecified atom stereocenters. The van der Waals surface area contributed by atoms with Gasteiger partial charge in [-0.2, -0.15) is 0 Å². The van der Waals surface area contributed by atoms with Crippen LogP contribution < -0.4 is 0 Å². The molecule has 144 valence electrons. The molecule has 1 aromatic heterocycles. The molecule has 25 heavy (non-hydrogen) atoms. The highest BCUT2D eigenvalue weighted by Crippen LogP contribution is 2.41. The van der Waals surface area contributed by atoms with Crippen LogP contribution in [0.5, 0.6) is 0 Å². The topological polar surface area (TPSA) is 187 Å². The molecular formula is C13H23NO9P2. The van der Waals surface area contributed by atoms with Crippen LogP contribution in [0.25, 0.3) is 10.9 Å². The lowest BCUT2D eigenvalue weighted by atomic mass is 9.93. The highest BCUT2D eigenvalue weighted by Gasteiger charge is 2.26. The van der Waals surface area contributed by atoms with Crippen LogP contribution in [-0.2, 0) is 4.31 Å². The Labute approximate surface area is 146 Å². The molecule has 2 rings (SSSR count). The van der Waals surface area contributed by atoms with Crippen molar-refractivity contribution in [3.05, 3.63) is 36.5 Å². The van der Waals surface area contributed by atoms with E-state index in [0.717, 1.165) is 0 Å². The Hall–Kier alpha value is -0.740. The summed E-state index contributed by atoms with van der Waals surface area (Å²) >= 11 is 0. The molecule has 0 saturated heterocycles. The number of benzene rings is 1. The van der Waals surface area contributed by atoms with Gasteiger partial charge in [-0.1, -0.05) is 18.2 Å². The molecule has 12 heteroatoms. The number of hydrogen-bond acceptors (Lipinski definition) is 9. The zero-order valence-electron chi connectivity index (χ0n) is 13.2. The van der Waals surface area contributed by atoms with Crippen LogP contribution in [0.3, 0.4) is 0 Å². The first kappa shape index (κ1) is 24.3. The minimum atomic E-state index is -2.61. The molecule has 9 N–H and O–H groups in total. The Balaban J connectivity index is 0.000000350. The first-order chi connectivity index (χ1) is 11.8. The van der Waals surface area contributed by atoms with Crippen molar-refractivity contribution in [2.24, 2.45) is 5.41 Å². The fraction of sp³-hybridized carbons (Fsp3) is 0.385. The summed E-state index contributed by atoms with van der Waals surface area (Å²) < 4.78 is 3.60. The van der Waals surface area contributed by atoms with E-state index in [9.17, 15) is 0 Å². The van der Waals surface area contributed by atoms with Crippen LogP contribution in [0.4, 0.5) is 0 Å². The van der Waals surface area contributed by atoms with Crippen LogP contribution in [-0.4, -0.2) is 71.4 Å². The number of hydrogen-bond donors (Lipinski definition) is 9. The molecule has 0 aliphatic rings. The van der Waals surface area contributed by atoms with Crippen molar-refractivity contribution in [3.8, 4) is 0 Å². The second kappa shape index (κ2) is 13.5. The quantitative estimate of drug-likeness (QED) is 0.290. The standard InChI is InChI=1S/C8H7N.C5H12O4.H4O5P2/c1-2-4-8-7(3-1)5-6-9-8;6-1-5(2-7,3-8)4-9;1-6(2)5-7(3)4/h1-6,9H;6-9H,1-4H2;1-4H. The molecule has 0 saturated carbocycles. The molecule has 1 aromatic carbocycles. The summed E-state index contributed by atoms with van der Waals surface area (Å²) in [5.41, 5.74) is 0.0949. The first-order valence-corrected chi connectivity index (χ1v) is 9.16. The third kappa shape index (κ3) is 10.1. The summed E-state index contributed by atoms with van der Waals surface area (Å²) in [6, 6.07) is 10.3. The number of rotatable bonds is 6. The molecule has 0 radical (unpaired) electrons. The largest absolute Gasteiger partial charge is 0.396 e. The van der Waals surface area contributed by atoms with E-state index in [2.05, 4.69) is 27.5 Å². The Morgan fingerprint density at radius 3 is 1.60 bits per heavy atom. The van der Waals surface area contributed by atoms with Crippen LogP contribution in [0.2, 0.25) is 0 Å². The fourth-order valence-electron chi connectivity index (χ4n) is 1.36. The van der Waals surface area contributed by atoms with Gasteiger partial charge in [-0.15, -0.1) is 0 Å². The third-order valence-electron chi connectivity index (χ3n) is 2.95. The maximum absolute atomic E-state index is 8.50. The van der Waals surface area contributed by atoms with E-state index in [-0.39, 0.29) is 0 Å². The average Bonchev–Trinajstić information content (AvgIpc) is 3.06. The average molecular weight is 399 g/mol. The molecule has 10 nitrogen and oxygen atoms in total. The van der Waals surface area contributed by atoms with Crippen molar-refractivity contribution >= 4 is 28.1 Å². The molecule has 0 aliphatic heterocycles. The summed E-state index contributed by atoms with van der Waals surface area (Å²) in [7, 11) is -5.22. The molecular weight excluding hydrogens is 376 g/mol. The van der Waals surface area contributed by atoms with Gasteiger partial charge in [-0.25, -0.2) is 4.31 Å². The maximum atomic E-state index is 8.50. The number of aliphatic hydroxyl groups is 4. The Morgan fingerprint density at radius 1 is 0.800 bits per heavy atom. The first-order valence-electron chi connectivity index (χ1n) is 6.83. The summed E-state index contributed by atoms with van der Waals surface area (Å²) in [6.07, 6.45) is 1.95. The van der Waals surface area contributed by atoms with Crippen LogP contribution in [0.15, 0.2) is 36.5 Å². The van der Waals surface area contributed by atoms with E-state index in [0.29, 0.717) is 0 Å². The molecule has 0 fully saturated rings. The smallest absolute Gasteiger partial charge is 0.334 e. The molecule has 0 spiro atoms. The van der Waals surface area contributed by atoms with Gasteiger partial charge in [0.25, 0.3) is 0 Å². The van der Waals surface area contributed by atoms with E-state index in [4.69, 9.17) is 40.0 Å². The van der Waals surface area contributed by atoms with Crippen molar-refractivity contribution in [1.82, 2.24) is 4.98 Å². The van der Waals surface area contributed by atoms with E-state index in [1.165, 1.54) is 10.9 Å². The summed E-state index contributed by atoms with van der Waals surface area (Å²) in [5, 5.41) is 35.3. The van der Waals surface area contributed by atoms with Gasteiger partial charge in [0, 0.05) is 11.7 Å². The number of nitrogens with one attached hydrogen (secondary N) is 1. The van der Waals surface area contributed by atoms with Crippen molar-refractivity contribution in [3.63, 3.8) is 0 Å². The molecule has 2 aromatic rings. The van der Waals surface area contributed by atoms with Crippen LogP contribution in [0, 0.1) is 5.41 Å². The Bertz CT molecular complexity index is 509. The maximum Gasteiger partial charge on any atom is 0.334 e. The molecule has 0 bridgehead atoms. The lowest BCUT2D eigenvalue weighted by molar-refractivity contribution is -0.0328. The van der Waals surface area contributed by atoms with Crippen molar-refractivity contribution in [2.45, 2.75) is 0 Å². The zero-order valence-corrected chi connectivity index (χ0v) is 15.0. The molecule has 0 amide bonds. The SMILES string of the molecule is OCC(CO)(CO)CO.OP(O)OP(O)O.c1ccc2[nH]ccc2c1. The number of aliphatic hydroxyl groups excluding tert-OH is 4. The fourth-order valence-corrected chi connectivity index (χ4v) is 1.88. The number of aromatic nitrogens is 1. The number of para-hydroxylation sites is 1. The summed E-state index contributed by atoms with van der Waals surface area (Å²) in [4.78, 5) is 34.4. The van der Waals surface area contributed by atoms with Gasteiger partial charge in [0.1, 0.15) is 0 Å². The van der Waals surface area contributed by atoms with Gasteiger partial charge >= 0.3 is 17.2 Å². The van der Waals surface area contributed by atoms with Gasteiger partial charge in [0.2, 0.25) is 0 Å². The van der Waals surface area contributed by atoms with Crippen molar-refractivity contribution in [1.29, 1.82) is 0 Å². The molecule has 1 heterocycles. The van der Waals surface area contributed by atoms with Crippen LogP contribution >= 0.6 is 17.2 Å². The van der Waals surface area contributed by atoms with Crippen LogP contribution in [0.1, 0.15) is 0 Å². The summed E-state index contributed by atoms with van der Waals surface area (Å²) in [6.45, 7) is -1.62. The highest BCUT2D eigenvalue weighted by molar-refractivity contribution is 7.53. The summed E-state index contributed by atoms with van der Waals surface area (Å²) in [5.74, 6) is 0. The minimum Gasteiger partial charge on any atom is -0.396 e. The second-order valence-corrected chi connectivity index (χ2v) is 6.45. The molecule has 0 atom stereocenters. The zero-order chi connectivity index (χ0) is 19.3. The van der Waals surface area contributed by atoms with Gasteiger partial charge in [-0.3, -0.25) is 0 Å². The number of fused-ring (bicyclic) bond motifs is 1. The Kier molecular flexibility index (Phi) is 13.1. The van der Waals surface area contributed by atoms with Gasteiger partial charge in [0.15, 0.2) is 0 Å².